The van der Waals surface area contributed by atoms with Crippen molar-refractivity contribution in [1.82, 2.24) is 10.2 Å². The lowest BCUT2D eigenvalue weighted by molar-refractivity contribution is -0.138. The van der Waals surface area contributed by atoms with Crippen LogP contribution in [0.25, 0.3) is 6.08 Å². The maximum Gasteiger partial charge on any atom is 0.417 e. The van der Waals surface area contributed by atoms with Gasteiger partial charge in [0.25, 0.3) is 17.1 Å². The van der Waals surface area contributed by atoms with E-state index in [1.807, 2.05) is 0 Å². The molecule has 32 heavy (non-hydrogen) atoms. The highest BCUT2D eigenvalue weighted by molar-refractivity contribution is 8.18. The highest BCUT2D eigenvalue weighted by Crippen LogP contribution is 2.36. The van der Waals surface area contributed by atoms with Crippen molar-refractivity contribution in [1.29, 1.82) is 0 Å². The van der Waals surface area contributed by atoms with E-state index >= 15 is 0 Å². The average Bonchev–Trinajstić information content (AvgIpc) is 3.32. The number of carbonyl (C=O) groups is 3. The molecule has 2 aliphatic heterocycles. The van der Waals surface area contributed by atoms with Crippen molar-refractivity contribution in [2.24, 2.45) is 0 Å². The number of thioether (sulfide) groups is 1. The molecule has 3 amide bonds. The number of rotatable bonds is 5. The largest absolute Gasteiger partial charge is 0.454 e. The summed E-state index contributed by atoms with van der Waals surface area (Å²) in [5.41, 5.74) is -0.955. The first kappa shape index (κ1) is 21.8. The minimum Gasteiger partial charge on any atom is -0.454 e. The fourth-order valence-corrected chi connectivity index (χ4v) is 4.02. The lowest BCUT2D eigenvalue weighted by atomic mass is 10.1. The van der Waals surface area contributed by atoms with Gasteiger partial charge in [-0.2, -0.15) is 13.2 Å². The van der Waals surface area contributed by atoms with Gasteiger partial charge in [0.05, 0.1) is 16.0 Å². The molecule has 7 nitrogen and oxygen atoms in total. The van der Waals surface area contributed by atoms with Gasteiger partial charge in [-0.05, 0) is 47.7 Å². The topological polar surface area (TPSA) is 84.9 Å². The van der Waals surface area contributed by atoms with Crippen LogP contribution >= 0.6 is 11.8 Å². The molecule has 2 aromatic rings. The molecule has 2 aromatic carbocycles. The molecular weight excluding hydrogens is 449 g/mol. The standard InChI is InChI=1S/C21H15F3N2O5S/c22-21(23,24)14-4-2-1-3-13(14)18(27)25-7-8-26-19(28)17(32-20(26)29)10-12-5-6-15-16(9-12)31-11-30-15/h1-6,9-10H,7-8,11H2,(H,25,27). The zero-order chi connectivity index (χ0) is 22.9. The second-order valence-corrected chi connectivity index (χ2v) is 7.74. The SMILES string of the molecule is O=C(NCCN1C(=O)SC(=Cc2ccc3c(c2)OCO3)C1=O)c1ccccc1C(F)(F)F. The van der Waals surface area contributed by atoms with Crippen LogP contribution < -0.4 is 14.8 Å². The molecule has 0 radical (unpaired) electrons. The van der Waals surface area contributed by atoms with E-state index in [-0.39, 0.29) is 24.8 Å². The Labute approximate surface area is 184 Å². The summed E-state index contributed by atoms with van der Waals surface area (Å²) < 4.78 is 49.7. The first-order valence-corrected chi connectivity index (χ1v) is 10.1. The number of alkyl halides is 3. The van der Waals surface area contributed by atoms with Gasteiger partial charge >= 0.3 is 6.18 Å². The third kappa shape index (κ3) is 4.42. The van der Waals surface area contributed by atoms with E-state index in [9.17, 15) is 27.6 Å². The summed E-state index contributed by atoms with van der Waals surface area (Å²) in [6.45, 7) is -0.266. The predicted molar refractivity (Wildman–Crippen MR) is 109 cm³/mol. The number of benzene rings is 2. The number of hydrogen-bond donors (Lipinski definition) is 1. The van der Waals surface area contributed by atoms with Gasteiger partial charge in [-0.25, -0.2) is 0 Å². The Morgan fingerprint density at radius 3 is 2.66 bits per heavy atom. The number of halogens is 3. The van der Waals surface area contributed by atoms with Gasteiger partial charge in [-0.1, -0.05) is 18.2 Å². The van der Waals surface area contributed by atoms with Crippen LogP contribution in [0.4, 0.5) is 18.0 Å². The third-order valence-electron chi connectivity index (χ3n) is 4.67. The molecule has 0 aromatic heterocycles. The lowest BCUT2D eigenvalue weighted by Crippen LogP contribution is -2.37. The van der Waals surface area contributed by atoms with Crippen molar-refractivity contribution in [3.05, 3.63) is 64.1 Å². The van der Waals surface area contributed by atoms with E-state index < -0.39 is 34.4 Å². The minimum absolute atomic E-state index is 0.106. The summed E-state index contributed by atoms with van der Waals surface area (Å²) in [7, 11) is 0. The molecule has 0 atom stereocenters. The van der Waals surface area contributed by atoms with E-state index in [0.717, 1.165) is 28.8 Å². The summed E-state index contributed by atoms with van der Waals surface area (Å²) >= 11 is 0.736. The van der Waals surface area contributed by atoms with Crippen molar-refractivity contribution < 1.29 is 37.0 Å². The van der Waals surface area contributed by atoms with E-state index in [1.165, 1.54) is 18.2 Å². The highest BCUT2D eigenvalue weighted by atomic mass is 32.2. The molecule has 2 aliphatic rings. The Morgan fingerprint density at radius 1 is 1.12 bits per heavy atom. The van der Waals surface area contributed by atoms with Crippen LogP contribution in [0.1, 0.15) is 21.5 Å². The Kier molecular flexibility index (Phi) is 5.83. The minimum atomic E-state index is -4.68. The van der Waals surface area contributed by atoms with Gasteiger partial charge in [-0.3, -0.25) is 19.3 Å². The zero-order valence-corrected chi connectivity index (χ0v) is 17.1. The summed E-state index contributed by atoms with van der Waals surface area (Å²) in [4.78, 5) is 38.1. The van der Waals surface area contributed by atoms with Crippen LogP contribution in [0.3, 0.4) is 0 Å². The number of amides is 3. The van der Waals surface area contributed by atoms with Gasteiger partial charge in [0.1, 0.15) is 0 Å². The third-order valence-corrected chi connectivity index (χ3v) is 5.57. The van der Waals surface area contributed by atoms with Gasteiger partial charge < -0.3 is 14.8 Å². The van der Waals surface area contributed by atoms with Gasteiger partial charge in [0.15, 0.2) is 11.5 Å². The van der Waals surface area contributed by atoms with Gasteiger partial charge in [-0.15, -0.1) is 0 Å². The quantitative estimate of drug-likeness (QED) is 0.676. The number of ether oxygens (including phenoxy) is 2. The molecule has 0 saturated carbocycles. The lowest BCUT2D eigenvalue weighted by Gasteiger charge is -2.15. The van der Waals surface area contributed by atoms with Crippen molar-refractivity contribution >= 4 is 34.9 Å². The first-order valence-electron chi connectivity index (χ1n) is 9.33. The van der Waals surface area contributed by atoms with Gasteiger partial charge in [0.2, 0.25) is 6.79 Å². The zero-order valence-electron chi connectivity index (χ0n) is 16.3. The molecule has 2 heterocycles. The van der Waals surface area contributed by atoms with E-state index in [2.05, 4.69) is 5.32 Å². The predicted octanol–water partition coefficient (Wildman–Crippen LogP) is 3.90. The first-order chi connectivity index (χ1) is 15.2. The Bertz CT molecular complexity index is 1130. The number of hydrogen-bond acceptors (Lipinski definition) is 6. The fourth-order valence-electron chi connectivity index (χ4n) is 3.15. The summed E-state index contributed by atoms with van der Waals surface area (Å²) in [5, 5.41) is 1.79. The van der Waals surface area contributed by atoms with Crippen LogP contribution in [0.5, 0.6) is 11.5 Å². The molecule has 0 unspecified atom stereocenters. The molecule has 0 bridgehead atoms. The molecule has 1 fully saturated rings. The fraction of sp³-hybridized carbons (Fsp3) is 0.190. The van der Waals surface area contributed by atoms with E-state index in [0.29, 0.717) is 17.1 Å². The van der Waals surface area contributed by atoms with Crippen LogP contribution in [0, 0.1) is 0 Å². The van der Waals surface area contributed by atoms with Gasteiger partial charge in [0, 0.05) is 13.1 Å². The molecule has 11 heteroatoms. The number of carbonyl (C=O) groups excluding carboxylic acids is 3. The Balaban J connectivity index is 1.39. The summed E-state index contributed by atoms with van der Waals surface area (Å²) in [5.74, 6) is -0.388. The normalized spacial score (nSPS) is 16.7. The van der Waals surface area contributed by atoms with Crippen LogP contribution in [-0.4, -0.2) is 41.8 Å². The monoisotopic (exact) mass is 464 g/mol. The number of imide groups is 1. The second kappa shape index (κ2) is 8.58. The molecule has 1 N–H and O–H groups in total. The summed E-state index contributed by atoms with van der Waals surface area (Å²) in [6.07, 6.45) is -3.15. The average molecular weight is 464 g/mol. The number of nitrogens with zero attached hydrogens (tertiary/aromatic N) is 1. The molecule has 0 aliphatic carbocycles. The molecule has 1 saturated heterocycles. The molecular formula is C21H15F3N2O5S. The number of nitrogens with one attached hydrogen (secondary N) is 1. The van der Waals surface area contributed by atoms with E-state index in [4.69, 9.17) is 9.47 Å². The molecule has 4 rings (SSSR count). The van der Waals surface area contributed by atoms with Crippen molar-refractivity contribution in [2.45, 2.75) is 6.18 Å². The molecule has 166 valence electrons. The second-order valence-electron chi connectivity index (χ2n) is 6.75. The van der Waals surface area contributed by atoms with E-state index in [1.54, 1.807) is 18.2 Å². The van der Waals surface area contributed by atoms with Crippen LogP contribution in [0.15, 0.2) is 47.4 Å². The number of fused-ring (bicyclic) bond motifs is 1. The maximum atomic E-state index is 13.1. The highest BCUT2D eigenvalue weighted by Gasteiger charge is 2.36. The summed E-state index contributed by atoms with van der Waals surface area (Å²) in [6, 6.07) is 9.45. The van der Waals surface area contributed by atoms with Crippen molar-refractivity contribution in [2.75, 3.05) is 19.9 Å². The maximum absolute atomic E-state index is 13.1. The van der Waals surface area contributed by atoms with Crippen molar-refractivity contribution in [3.63, 3.8) is 0 Å². The van der Waals surface area contributed by atoms with Crippen LogP contribution in [0.2, 0.25) is 0 Å². The van der Waals surface area contributed by atoms with Crippen LogP contribution in [-0.2, 0) is 11.0 Å². The smallest absolute Gasteiger partial charge is 0.417 e. The molecule has 0 spiro atoms. The Morgan fingerprint density at radius 2 is 1.88 bits per heavy atom. The van der Waals surface area contributed by atoms with Crippen molar-refractivity contribution in [3.8, 4) is 11.5 Å². The Hall–Kier alpha value is -3.47.